The van der Waals surface area contributed by atoms with Crippen molar-refractivity contribution in [3.05, 3.63) is 65.2 Å². The van der Waals surface area contributed by atoms with Crippen LogP contribution in [0.1, 0.15) is 34.3 Å². The van der Waals surface area contributed by atoms with Crippen LogP contribution in [0.4, 0.5) is 5.69 Å². The summed E-state index contributed by atoms with van der Waals surface area (Å²) in [5.41, 5.74) is 6.54. The van der Waals surface area contributed by atoms with E-state index in [9.17, 15) is 13.2 Å². The van der Waals surface area contributed by atoms with E-state index in [1.807, 2.05) is 31.2 Å². The van der Waals surface area contributed by atoms with Gasteiger partial charge in [-0.1, -0.05) is 29.8 Å². The van der Waals surface area contributed by atoms with Crippen LogP contribution in [0.25, 0.3) is 0 Å². The molecular formula is C22H28N4O3S. The second-order valence-corrected chi connectivity index (χ2v) is 9.63. The molecule has 0 aromatic heterocycles. The highest BCUT2D eigenvalue weighted by molar-refractivity contribution is 7.92. The Hall–Kier alpha value is -2.71. The first-order chi connectivity index (χ1) is 14.2. The number of nitrogens with zero attached hydrogens (tertiary/aromatic N) is 3. The van der Waals surface area contributed by atoms with Gasteiger partial charge < -0.3 is 4.90 Å². The fourth-order valence-corrected chi connectivity index (χ4v) is 4.11. The van der Waals surface area contributed by atoms with Crippen molar-refractivity contribution in [2.75, 3.05) is 30.7 Å². The van der Waals surface area contributed by atoms with Gasteiger partial charge in [0.1, 0.15) is 0 Å². The standard InChI is InChI=1S/C22H28N4O3S/c1-17-4-6-18(7-5-17)16-26(30(3,28)29)21-10-8-19(9-11-21)22(27)24-23-20-12-14-25(2)15-13-20/h4-11H,12-16H2,1-3H3,(H,24,27). The highest BCUT2D eigenvalue weighted by Gasteiger charge is 2.18. The van der Waals surface area contributed by atoms with E-state index < -0.39 is 10.0 Å². The van der Waals surface area contributed by atoms with Crippen molar-refractivity contribution in [3.63, 3.8) is 0 Å². The minimum absolute atomic E-state index is 0.229. The van der Waals surface area contributed by atoms with Crippen molar-refractivity contribution in [2.45, 2.75) is 26.3 Å². The molecule has 30 heavy (non-hydrogen) atoms. The van der Waals surface area contributed by atoms with Gasteiger partial charge in [0, 0.05) is 37.2 Å². The van der Waals surface area contributed by atoms with Gasteiger partial charge in [0.05, 0.1) is 18.5 Å². The molecule has 1 amide bonds. The molecule has 1 N–H and O–H groups in total. The van der Waals surface area contributed by atoms with E-state index in [1.165, 1.54) is 10.6 Å². The van der Waals surface area contributed by atoms with Crippen molar-refractivity contribution in [1.29, 1.82) is 0 Å². The largest absolute Gasteiger partial charge is 0.306 e. The van der Waals surface area contributed by atoms with Crippen molar-refractivity contribution in [1.82, 2.24) is 10.3 Å². The number of rotatable bonds is 6. The lowest BCUT2D eigenvalue weighted by molar-refractivity contribution is 0.0954. The second kappa shape index (κ2) is 9.40. The van der Waals surface area contributed by atoms with Gasteiger partial charge in [-0.15, -0.1) is 0 Å². The highest BCUT2D eigenvalue weighted by Crippen LogP contribution is 2.21. The Balaban J connectivity index is 1.70. The monoisotopic (exact) mass is 428 g/mol. The topological polar surface area (TPSA) is 82.1 Å². The molecular weight excluding hydrogens is 400 g/mol. The number of nitrogens with one attached hydrogen (secondary N) is 1. The number of hydrogen-bond acceptors (Lipinski definition) is 5. The van der Waals surface area contributed by atoms with Crippen molar-refractivity contribution in [2.24, 2.45) is 5.10 Å². The summed E-state index contributed by atoms with van der Waals surface area (Å²) in [7, 11) is -1.42. The van der Waals surface area contributed by atoms with Crippen LogP contribution in [-0.2, 0) is 16.6 Å². The van der Waals surface area contributed by atoms with Gasteiger partial charge in [-0.3, -0.25) is 9.10 Å². The highest BCUT2D eigenvalue weighted by atomic mass is 32.2. The number of amides is 1. The van der Waals surface area contributed by atoms with Crippen LogP contribution in [0, 0.1) is 6.92 Å². The number of benzene rings is 2. The molecule has 1 heterocycles. The van der Waals surface area contributed by atoms with E-state index in [-0.39, 0.29) is 12.5 Å². The minimum Gasteiger partial charge on any atom is -0.306 e. The average molecular weight is 429 g/mol. The van der Waals surface area contributed by atoms with Gasteiger partial charge in [-0.25, -0.2) is 13.8 Å². The SMILES string of the molecule is Cc1ccc(CN(c2ccc(C(=O)NN=C3CCN(C)CC3)cc2)S(C)(=O)=O)cc1. The molecule has 1 aliphatic heterocycles. The predicted octanol–water partition coefficient (Wildman–Crippen LogP) is 2.77. The fraction of sp³-hybridized carbons (Fsp3) is 0.364. The summed E-state index contributed by atoms with van der Waals surface area (Å²) in [6, 6.07) is 14.3. The van der Waals surface area contributed by atoms with Gasteiger partial charge in [0.15, 0.2) is 0 Å². The number of carbonyl (C=O) groups is 1. The van der Waals surface area contributed by atoms with E-state index in [0.29, 0.717) is 11.3 Å². The van der Waals surface area contributed by atoms with Crippen molar-refractivity contribution in [3.8, 4) is 0 Å². The summed E-state index contributed by atoms with van der Waals surface area (Å²) in [6.45, 7) is 4.09. The molecule has 0 bridgehead atoms. The number of sulfonamides is 1. The number of piperidine rings is 1. The van der Waals surface area contributed by atoms with E-state index in [4.69, 9.17) is 0 Å². The van der Waals surface area contributed by atoms with Crippen LogP contribution in [-0.4, -0.2) is 51.3 Å². The normalized spacial score (nSPS) is 15.0. The molecule has 0 radical (unpaired) electrons. The summed E-state index contributed by atoms with van der Waals surface area (Å²) in [6.07, 6.45) is 2.87. The molecule has 0 saturated carbocycles. The van der Waals surface area contributed by atoms with E-state index in [1.54, 1.807) is 24.3 Å². The zero-order valence-corrected chi connectivity index (χ0v) is 18.4. The first kappa shape index (κ1) is 22.0. The second-order valence-electron chi connectivity index (χ2n) is 7.72. The molecule has 2 aromatic rings. The number of hydrogen-bond donors (Lipinski definition) is 1. The molecule has 0 unspecified atom stereocenters. The third kappa shape index (κ3) is 5.90. The average Bonchev–Trinajstić information content (AvgIpc) is 2.72. The Morgan fingerprint density at radius 3 is 2.23 bits per heavy atom. The van der Waals surface area contributed by atoms with Gasteiger partial charge in [0.2, 0.25) is 10.0 Å². The van der Waals surface area contributed by atoms with Gasteiger partial charge in [-0.05, 0) is 43.8 Å². The number of carbonyl (C=O) groups excluding carboxylic acids is 1. The van der Waals surface area contributed by atoms with Crippen LogP contribution in [0.5, 0.6) is 0 Å². The third-order valence-corrected chi connectivity index (χ3v) is 6.28. The Morgan fingerprint density at radius 2 is 1.67 bits per heavy atom. The summed E-state index contributed by atoms with van der Waals surface area (Å²) >= 11 is 0. The molecule has 2 aromatic carbocycles. The molecule has 7 nitrogen and oxygen atoms in total. The van der Waals surface area contributed by atoms with E-state index in [2.05, 4.69) is 22.5 Å². The molecule has 0 aliphatic carbocycles. The zero-order chi connectivity index (χ0) is 21.7. The molecule has 0 spiro atoms. The lowest BCUT2D eigenvalue weighted by Crippen LogP contribution is -2.32. The van der Waals surface area contributed by atoms with Gasteiger partial charge in [-0.2, -0.15) is 5.10 Å². The van der Waals surface area contributed by atoms with Crippen LogP contribution in [0.15, 0.2) is 53.6 Å². The summed E-state index contributed by atoms with van der Waals surface area (Å²) in [5.74, 6) is -0.308. The Morgan fingerprint density at radius 1 is 1.07 bits per heavy atom. The van der Waals surface area contributed by atoms with E-state index in [0.717, 1.165) is 42.8 Å². The number of likely N-dealkylation sites (tertiary alicyclic amines) is 1. The molecule has 3 rings (SSSR count). The maximum absolute atomic E-state index is 12.4. The van der Waals surface area contributed by atoms with Crippen LogP contribution < -0.4 is 9.73 Å². The molecule has 160 valence electrons. The minimum atomic E-state index is -3.48. The quantitative estimate of drug-likeness (QED) is 0.718. The fourth-order valence-electron chi connectivity index (χ4n) is 3.22. The first-order valence-electron chi connectivity index (χ1n) is 9.90. The molecule has 8 heteroatoms. The number of anilines is 1. The summed E-state index contributed by atoms with van der Waals surface area (Å²) < 4.78 is 26.0. The smallest absolute Gasteiger partial charge is 0.271 e. The van der Waals surface area contributed by atoms with Crippen molar-refractivity contribution >= 4 is 27.3 Å². The van der Waals surface area contributed by atoms with Crippen molar-refractivity contribution < 1.29 is 13.2 Å². The molecule has 1 saturated heterocycles. The predicted molar refractivity (Wildman–Crippen MR) is 120 cm³/mol. The van der Waals surface area contributed by atoms with E-state index >= 15 is 0 Å². The maximum Gasteiger partial charge on any atom is 0.271 e. The zero-order valence-electron chi connectivity index (χ0n) is 17.6. The number of hydrazone groups is 1. The Labute approximate surface area is 178 Å². The third-order valence-electron chi connectivity index (χ3n) is 5.14. The van der Waals surface area contributed by atoms with Gasteiger partial charge in [0.25, 0.3) is 5.91 Å². The molecule has 0 atom stereocenters. The molecule has 1 aliphatic rings. The first-order valence-corrected chi connectivity index (χ1v) is 11.7. The van der Waals surface area contributed by atoms with Crippen LogP contribution in [0.3, 0.4) is 0 Å². The lowest BCUT2D eigenvalue weighted by atomic mass is 10.1. The van der Waals surface area contributed by atoms with Crippen LogP contribution >= 0.6 is 0 Å². The Bertz CT molecular complexity index is 1010. The summed E-state index contributed by atoms with van der Waals surface area (Å²) in [4.78, 5) is 14.6. The summed E-state index contributed by atoms with van der Waals surface area (Å²) in [5, 5.41) is 4.24. The number of aryl methyl sites for hydroxylation is 1. The maximum atomic E-state index is 12.4. The Kier molecular flexibility index (Phi) is 6.89. The van der Waals surface area contributed by atoms with Gasteiger partial charge >= 0.3 is 0 Å². The van der Waals surface area contributed by atoms with Crippen LogP contribution in [0.2, 0.25) is 0 Å². The molecule has 1 fully saturated rings. The lowest BCUT2D eigenvalue weighted by Gasteiger charge is -2.23.